The van der Waals surface area contributed by atoms with Crippen molar-refractivity contribution in [1.29, 1.82) is 0 Å². The highest BCUT2D eigenvalue weighted by Crippen LogP contribution is 2.44. The summed E-state index contributed by atoms with van der Waals surface area (Å²) in [7, 11) is 0. The lowest BCUT2D eigenvalue weighted by Gasteiger charge is -2.40. The van der Waals surface area contributed by atoms with Gasteiger partial charge >= 0.3 is 5.97 Å². The van der Waals surface area contributed by atoms with Gasteiger partial charge in [0.15, 0.2) is 0 Å². The second kappa shape index (κ2) is 5.38. The molecule has 2 rings (SSSR count). The summed E-state index contributed by atoms with van der Waals surface area (Å²) >= 11 is 0. The molecular weight excluding hydrogens is 249 g/mol. The van der Waals surface area contributed by atoms with Gasteiger partial charge in [-0.1, -0.05) is 18.6 Å². The van der Waals surface area contributed by atoms with Crippen LogP contribution in [-0.4, -0.2) is 23.5 Å². The Kier molecular flexibility index (Phi) is 3.83. The molecule has 1 aliphatic carbocycles. The lowest BCUT2D eigenvalue weighted by Crippen LogP contribution is -2.48. The quantitative estimate of drug-likeness (QED) is 0.852. The molecule has 0 unspecified atom stereocenters. The van der Waals surface area contributed by atoms with Crippen LogP contribution in [-0.2, 0) is 16.0 Å². The summed E-state index contributed by atoms with van der Waals surface area (Å²) < 4.78 is 13.1. The highest BCUT2D eigenvalue weighted by Gasteiger charge is 2.43. The van der Waals surface area contributed by atoms with E-state index in [-0.39, 0.29) is 18.3 Å². The summed E-state index contributed by atoms with van der Waals surface area (Å²) in [6.45, 7) is -0.371. The van der Waals surface area contributed by atoms with Gasteiger partial charge in [0.05, 0.1) is 5.41 Å². The summed E-state index contributed by atoms with van der Waals surface area (Å²) in [5.74, 6) is -1.63. The number of halogens is 1. The smallest absolute Gasteiger partial charge is 0.322 e. The molecular formula is C14H16FNO3. The second-order valence-electron chi connectivity index (χ2n) is 5.02. The maximum Gasteiger partial charge on any atom is 0.322 e. The Morgan fingerprint density at radius 3 is 2.63 bits per heavy atom. The molecule has 1 saturated carbocycles. The Hall–Kier alpha value is -1.91. The minimum Gasteiger partial charge on any atom is -0.480 e. The lowest BCUT2D eigenvalue weighted by molar-refractivity contribution is -0.142. The fraction of sp³-hybridized carbons (Fsp3) is 0.429. The predicted octanol–water partition coefficient (Wildman–Crippen LogP) is 1.74. The second-order valence-corrected chi connectivity index (χ2v) is 5.02. The Balaban J connectivity index is 2.06. The van der Waals surface area contributed by atoms with Crippen LogP contribution in [0.4, 0.5) is 4.39 Å². The molecule has 1 amide bonds. The maximum absolute atomic E-state index is 13.1. The third-order valence-electron chi connectivity index (χ3n) is 3.62. The number of carboxylic acid groups (broad SMARTS) is 1. The molecule has 5 heteroatoms. The molecule has 0 radical (unpaired) electrons. The van der Waals surface area contributed by atoms with Crippen LogP contribution in [0.15, 0.2) is 24.3 Å². The van der Waals surface area contributed by atoms with Crippen molar-refractivity contribution in [3.05, 3.63) is 35.6 Å². The van der Waals surface area contributed by atoms with E-state index in [9.17, 15) is 14.0 Å². The number of carbonyl (C=O) groups excluding carboxylic acids is 1. The van der Waals surface area contributed by atoms with E-state index in [1.54, 1.807) is 12.1 Å². The minimum atomic E-state index is -1.06. The number of carbonyl (C=O) groups is 2. The van der Waals surface area contributed by atoms with Crippen molar-refractivity contribution in [1.82, 2.24) is 5.32 Å². The molecule has 0 bridgehead atoms. The van der Waals surface area contributed by atoms with Crippen LogP contribution in [0.3, 0.4) is 0 Å². The topological polar surface area (TPSA) is 66.4 Å². The first-order chi connectivity index (χ1) is 9.02. The van der Waals surface area contributed by atoms with Gasteiger partial charge in [-0.05, 0) is 37.0 Å². The first kappa shape index (κ1) is 13.5. The molecule has 102 valence electrons. The number of aliphatic carboxylic acids is 1. The average molecular weight is 265 g/mol. The number of carboxylic acids is 1. The van der Waals surface area contributed by atoms with E-state index in [2.05, 4.69) is 5.32 Å². The van der Waals surface area contributed by atoms with Crippen LogP contribution in [0, 0.1) is 11.2 Å². The van der Waals surface area contributed by atoms with Crippen molar-refractivity contribution in [2.24, 2.45) is 5.41 Å². The number of amides is 1. The summed E-state index contributed by atoms with van der Waals surface area (Å²) in [6.07, 6.45) is 2.83. The van der Waals surface area contributed by atoms with Gasteiger partial charge in [0.2, 0.25) is 5.91 Å². The molecule has 0 atom stereocenters. The van der Waals surface area contributed by atoms with Gasteiger partial charge in [-0.2, -0.15) is 0 Å². The standard InChI is InChI=1S/C14H16FNO3/c15-11-4-1-3-10(7-11)8-14(5-2-6-14)13(19)16-9-12(17)18/h1,3-4,7H,2,5-6,8-9H2,(H,16,19)(H,17,18). The number of nitrogens with one attached hydrogen (secondary N) is 1. The molecule has 19 heavy (non-hydrogen) atoms. The first-order valence-corrected chi connectivity index (χ1v) is 6.26. The van der Waals surface area contributed by atoms with E-state index >= 15 is 0 Å². The van der Waals surface area contributed by atoms with E-state index in [0.717, 1.165) is 24.8 Å². The first-order valence-electron chi connectivity index (χ1n) is 6.26. The van der Waals surface area contributed by atoms with Gasteiger partial charge in [0.1, 0.15) is 12.4 Å². The van der Waals surface area contributed by atoms with Gasteiger partial charge in [0.25, 0.3) is 0 Å². The maximum atomic E-state index is 13.1. The Morgan fingerprint density at radius 1 is 1.37 bits per heavy atom. The van der Waals surface area contributed by atoms with Crippen molar-refractivity contribution in [2.75, 3.05) is 6.54 Å². The largest absolute Gasteiger partial charge is 0.480 e. The van der Waals surface area contributed by atoms with Crippen LogP contribution in [0.5, 0.6) is 0 Å². The van der Waals surface area contributed by atoms with E-state index in [1.807, 2.05) is 0 Å². The van der Waals surface area contributed by atoms with Gasteiger partial charge in [-0.15, -0.1) is 0 Å². The van der Waals surface area contributed by atoms with E-state index in [0.29, 0.717) is 6.42 Å². The third-order valence-corrected chi connectivity index (χ3v) is 3.62. The Morgan fingerprint density at radius 2 is 2.11 bits per heavy atom. The number of hydrogen-bond acceptors (Lipinski definition) is 2. The van der Waals surface area contributed by atoms with Crippen LogP contribution in [0.2, 0.25) is 0 Å². The molecule has 0 spiro atoms. The fourth-order valence-electron chi connectivity index (χ4n) is 2.47. The molecule has 4 nitrogen and oxygen atoms in total. The summed E-state index contributed by atoms with van der Waals surface area (Å²) in [5.41, 5.74) is 0.202. The minimum absolute atomic E-state index is 0.245. The van der Waals surface area contributed by atoms with Gasteiger partial charge in [0, 0.05) is 0 Å². The van der Waals surface area contributed by atoms with Gasteiger partial charge in [-0.3, -0.25) is 9.59 Å². The lowest BCUT2D eigenvalue weighted by atomic mass is 9.64. The van der Waals surface area contributed by atoms with E-state index in [4.69, 9.17) is 5.11 Å². The number of benzene rings is 1. The fourth-order valence-corrected chi connectivity index (χ4v) is 2.47. The zero-order chi connectivity index (χ0) is 13.9. The Bertz CT molecular complexity index is 497. The van der Waals surface area contributed by atoms with Crippen molar-refractivity contribution in [3.8, 4) is 0 Å². The summed E-state index contributed by atoms with van der Waals surface area (Å²) in [6, 6.07) is 6.19. The molecule has 2 N–H and O–H groups in total. The van der Waals surface area contributed by atoms with Gasteiger partial charge in [-0.25, -0.2) is 4.39 Å². The van der Waals surface area contributed by atoms with Crippen LogP contribution < -0.4 is 5.32 Å². The monoisotopic (exact) mass is 265 g/mol. The number of hydrogen-bond donors (Lipinski definition) is 2. The zero-order valence-corrected chi connectivity index (χ0v) is 10.5. The van der Waals surface area contributed by atoms with E-state index in [1.165, 1.54) is 12.1 Å². The van der Waals surface area contributed by atoms with Crippen molar-refractivity contribution in [2.45, 2.75) is 25.7 Å². The zero-order valence-electron chi connectivity index (χ0n) is 10.5. The highest BCUT2D eigenvalue weighted by atomic mass is 19.1. The average Bonchev–Trinajstić information content (AvgIpc) is 2.31. The normalized spacial score (nSPS) is 16.5. The van der Waals surface area contributed by atoms with Crippen LogP contribution in [0.1, 0.15) is 24.8 Å². The Labute approximate surface area is 110 Å². The predicted molar refractivity (Wildman–Crippen MR) is 67.0 cm³/mol. The van der Waals surface area contributed by atoms with Crippen LogP contribution in [0.25, 0.3) is 0 Å². The molecule has 0 saturated heterocycles. The molecule has 1 aliphatic rings. The highest BCUT2D eigenvalue weighted by molar-refractivity contribution is 5.86. The van der Waals surface area contributed by atoms with Crippen molar-refractivity contribution >= 4 is 11.9 Å². The molecule has 0 heterocycles. The summed E-state index contributed by atoms with van der Waals surface area (Å²) in [4.78, 5) is 22.5. The van der Waals surface area contributed by atoms with Crippen LogP contribution >= 0.6 is 0 Å². The SMILES string of the molecule is O=C(O)CNC(=O)C1(Cc2cccc(F)c2)CCC1. The third kappa shape index (κ3) is 3.10. The number of rotatable bonds is 5. The van der Waals surface area contributed by atoms with Crippen molar-refractivity contribution < 1.29 is 19.1 Å². The molecule has 1 aromatic rings. The molecule has 1 aromatic carbocycles. The molecule has 0 aliphatic heterocycles. The molecule has 0 aromatic heterocycles. The van der Waals surface area contributed by atoms with E-state index < -0.39 is 11.4 Å². The molecule has 1 fully saturated rings. The van der Waals surface area contributed by atoms with Gasteiger partial charge < -0.3 is 10.4 Å². The summed E-state index contributed by atoms with van der Waals surface area (Å²) in [5, 5.41) is 11.0. The van der Waals surface area contributed by atoms with Crippen molar-refractivity contribution in [3.63, 3.8) is 0 Å².